The molecule has 0 heterocycles. The van der Waals surface area contributed by atoms with Crippen molar-refractivity contribution in [1.82, 2.24) is 0 Å². The number of anilines is 1. The molecule has 0 saturated heterocycles. The zero-order chi connectivity index (χ0) is 18.4. The van der Waals surface area contributed by atoms with Crippen LogP contribution in [0.4, 0.5) is 5.69 Å². The molecular weight excluding hydrogens is 370 g/mol. The number of nitrogens with one attached hydrogen (secondary N) is 1. The van der Waals surface area contributed by atoms with Gasteiger partial charge in [-0.3, -0.25) is 4.72 Å². The second-order valence-electron chi connectivity index (χ2n) is 5.65. The van der Waals surface area contributed by atoms with Crippen molar-refractivity contribution >= 4 is 27.3 Å². The topological polar surface area (TPSA) is 55.4 Å². The van der Waals surface area contributed by atoms with Crippen molar-refractivity contribution in [2.45, 2.75) is 17.4 Å². The van der Waals surface area contributed by atoms with Gasteiger partial charge < -0.3 is 4.74 Å². The van der Waals surface area contributed by atoms with Gasteiger partial charge in [0, 0.05) is 11.6 Å². The molecule has 0 aliphatic rings. The summed E-state index contributed by atoms with van der Waals surface area (Å²) in [4.78, 5) is 0.180. The average Bonchev–Trinajstić information content (AvgIpc) is 2.68. The van der Waals surface area contributed by atoms with Crippen molar-refractivity contribution in [3.8, 4) is 5.75 Å². The fourth-order valence-electron chi connectivity index (χ4n) is 2.45. The lowest BCUT2D eigenvalue weighted by atomic mass is 10.2. The van der Waals surface area contributed by atoms with Crippen molar-refractivity contribution in [2.24, 2.45) is 0 Å². The summed E-state index contributed by atoms with van der Waals surface area (Å²) in [5.41, 5.74) is 2.08. The maximum Gasteiger partial charge on any atom is 0.262 e. The van der Waals surface area contributed by atoms with Crippen LogP contribution in [0.1, 0.15) is 11.1 Å². The van der Waals surface area contributed by atoms with Crippen LogP contribution in [0.2, 0.25) is 0 Å². The van der Waals surface area contributed by atoms with E-state index in [-0.39, 0.29) is 10.8 Å². The first-order valence-corrected chi connectivity index (χ1v) is 10.0. The van der Waals surface area contributed by atoms with Crippen LogP contribution >= 0.6 is 11.6 Å². The Balaban J connectivity index is 1.69. The SMILES string of the molecule is O=S(=O)(Nc1ccc(OCc2ccccc2)cc1)c1ccccc1CCl. The summed E-state index contributed by atoms with van der Waals surface area (Å²) >= 11 is 5.84. The average molecular weight is 388 g/mol. The third-order valence-electron chi connectivity index (χ3n) is 3.76. The van der Waals surface area contributed by atoms with Crippen molar-refractivity contribution in [2.75, 3.05) is 4.72 Å². The van der Waals surface area contributed by atoms with Gasteiger partial charge in [0.1, 0.15) is 12.4 Å². The highest BCUT2D eigenvalue weighted by Gasteiger charge is 2.17. The van der Waals surface area contributed by atoms with Gasteiger partial charge in [0.25, 0.3) is 10.0 Å². The van der Waals surface area contributed by atoms with Crippen LogP contribution < -0.4 is 9.46 Å². The first-order chi connectivity index (χ1) is 12.6. The molecule has 134 valence electrons. The van der Waals surface area contributed by atoms with E-state index in [2.05, 4.69) is 4.72 Å². The van der Waals surface area contributed by atoms with E-state index in [4.69, 9.17) is 16.3 Å². The number of hydrogen-bond donors (Lipinski definition) is 1. The minimum atomic E-state index is -3.70. The molecule has 3 aromatic carbocycles. The van der Waals surface area contributed by atoms with E-state index in [0.717, 1.165) is 5.56 Å². The first-order valence-electron chi connectivity index (χ1n) is 8.02. The predicted octanol–water partition coefficient (Wildman–Crippen LogP) is 4.81. The fourth-order valence-corrected chi connectivity index (χ4v) is 4.06. The monoisotopic (exact) mass is 387 g/mol. The molecule has 0 amide bonds. The molecule has 0 spiro atoms. The lowest BCUT2D eigenvalue weighted by molar-refractivity contribution is 0.306. The van der Waals surface area contributed by atoms with E-state index in [0.29, 0.717) is 23.6 Å². The molecule has 0 fully saturated rings. The Bertz CT molecular complexity index is 958. The van der Waals surface area contributed by atoms with E-state index in [1.54, 1.807) is 42.5 Å². The van der Waals surface area contributed by atoms with Crippen molar-refractivity contribution in [3.05, 3.63) is 90.0 Å². The van der Waals surface area contributed by atoms with E-state index in [1.807, 2.05) is 30.3 Å². The van der Waals surface area contributed by atoms with Gasteiger partial charge in [-0.2, -0.15) is 0 Å². The molecule has 0 atom stereocenters. The quantitative estimate of drug-likeness (QED) is 0.592. The van der Waals surface area contributed by atoms with Gasteiger partial charge in [-0.05, 0) is 41.5 Å². The molecule has 0 aromatic heterocycles. The van der Waals surface area contributed by atoms with E-state index in [9.17, 15) is 8.42 Å². The summed E-state index contributed by atoms with van der Waals surface area (Å²) in [5, 5.41) is 0. The Morgan fingerprint density at radius 2 is 1.50 bits per heavy atom. The summed E-state index contributed by atoms with van der Waals surface area (Å²) in [5.74, 6) is 0.793. The molecule has 0 bridgehead atoms. The fraction of sp³-hybridized carbons (Fsp3) is 0.100. The molecule has 1 N–H and O–H groups in total. The van der Waals surface area contributed by atoms with Gasteiger partial charge in [0.15, 0.2) is 0 Å². The molecule has 0 unspecified atom stereocenters. The minimum Gasteiger partial charge on any atom is -0.489 e. The molecule has 0 aliphatic heterocycles. The first kappa shape index (κ1) is 18.3. The van der Waals surface area contributed by atoms with Crippen LogP contribution in [0, 0.1) is 0 Å². The molecule has 3 rings (SSSR count). The molecular formula is C20H18ClNO3S. The summed E-state index contributed by atoms with van der Waals surface area (Å²) in [6.45, 7) is 0.453. The highest BCUT2D eigenvalue weighted by molar-refractivity contribution is 7.92. The van der Waals surface area contributed by atoms with Crippen molar-refractivity contribution in [3.63, 3.8) is 0 Å². The molecule has 0 radical (unpaired) electrons. The predicted molar refractivity (Wildman–Crippen MR) is 104 cm³/mol. The zero-order valence-electron chi connectivity index (χ0n) is 13.9. The molecule has 0 saturated carbocycles. The van der Waals surface area contributed by atoms with E-state index < -0.39 is 10.0 Å². The second-order valence-corrected chi connectivity index (χ2v) is 7.56. The van der Waals surface area contributed by atoms with Crippen molar-refractivity contribution in [1.29, 1.82) is 0 Å². The summed E-state index contributed by atoms with van der Waals surface area (Å²) in [7, 11) is -3.70. The summed E-state index contributed by atoms with van der Waals surface area (Å²) < 4.78 is 33.4. The maximum atomic E-state index is 12.6. The Morgan fingerprint density at radius 3 is 2.19 bits per heavy atom. The van der Waals surface area contributed by atoms with E-state index in [1.165, 1.54) is 6.07 Å². The van der Waals surface area contributed by atoms with Crippen LogP contribution in [0.25, 0.3) is 0 Å². The number of ether oxygens (including phenoxy) is 1. The Hall–Kier alpha value is -2.50. The number of benzene rings is 3. The normalized spacial score (nSPS) is 11.1. The van der Waals surface area contributed by atoms with Crippen LogP contribution in [-0.2, 0) is 22.5 Å². The van der Waals surface area contributed by atoms with Crippen LogP contribution in [0.3, 0.4) is 0 Å². The smallest absolute Gasteiger partial charge is 0.262 e. The van der Waals surface area contributed by atoms with Gasteiger partial charge in [-0.25, -0.2) is 8.42 Å². The second kappa shape index (κ2) is 8.25. The lowest BCUT2D eigenvalue weighted by Gasteiger charge is -2.12. The minimum absolute atomic E-state index is 0.128. The number of rotatable bonds is 7. The Labute approximate surface area is 158 Å². The Morgan fingerprint density at radius 1 is 0.846 bits per heavy atom. The third-order valence-corrected chi connectivity index (χ3v) is 5.53. The lowest BCUT2D eigenvalue weighted by Crippen LogP contribution is -2.14. The third kappa shape index (κ3) is 4.56. The zero-order valence-corrected chi connectivity index (χ0v) is 15.5. The molecule has 0 aliphatic carbocycles. The standard InChI is InChI=1S/C20H18ClNO3S/c21-14-17-8-4-5-9-20(17)26(23,24)22-18-10-12-19(13-11-18)25-15-16-6-2-1-3-7-16/h1-13,22H,14-15H2. The number of hydrogen-bond acceptors (Lipinski definition) is 3. The summed E-state index contributed by atoms with van der Waals surface area (Å²) in [6, 6.07) is 23.3. The summed E-state index contributed by atoms with van der Waals surface area (Å²) in [6.07, 6.45) is 0. The van der Waals surface area contributed by atoms with Gasteiger partial charge >= 0.3 is 0 Å². The van der Waals surface area contributed by atoms with Crippen molar-refractivity contribution < 1.29 is 13.2 Å². The molecule has 3 aromatic rings. The van der Waals surface area contributed by atoms with Crippen LogP contribution in [0.5, 0.6) is 5.75 Å². The van der Waals surface area contributed by atoms with Gasteiger partial charge in [-0.1, -0.05) is 48.5 Å². The van der Waals surface area contributed by atoms with E-state index >= 15 is 0 Å². The van der Waals surface area contributed by atoms with Crippen LogP contribution in [0.15, 0.2) is 83.8 Å². The van der Waals surface area contributed by atoms with Gasteiger partial charge in [0.2, 0.25) is 0 Å². The number of alkyl halides is 1. The molecule has 26 heavy (non-hydrogen) atoms. The van der Waals surface area contributed by atoms with Gasteiger partial charge in [-0.15, -0.1) is 11.6 Å². The number of halogens is 1. The Kier molecular flexibility index (Phi) is 5.81. The molecule has 6 heteroatoms. The number of sulfonamides is 1. The highest BCUT2D eigenvalue weighted by Crippen LogP contribution is 2.23. The maximum absolute atomic E-state index is 12.6. The largest absolute Gasteiger partial charge is 0.489 e. The molecule has 4 nitrogen and oxygen atoms in total. The highest BCUT2D eigenvalue weighted by atomic mass is 35.5. The van der Waals surface area contributed by atoms with Gasteiger partial charge in [0.05, 0.1) is 4.90 Å². The van der Waals surface area contributed by atoms with Crippen LogP contribution in [-0.4, -0.2) is 8.42 Å².